The van der Waals surface area contributed by atoms with Gasteiger partial charge in [0.25, 0.3) is 0 Å². The van der Waals surface area contributed by atoms with Gasteiger partial charge >= 0.3 is 6.09 Å². The molecule has 1 aromatic carbocycles. The number of aromatic nitrogens is 1. The molecule has 0 spiro atoms. The molecule has 128 valence electrons. The lowest BCUT2D eigenvalue weighted by molar-refractivity contribution is 0.201. The zero-order valence-electron chi connectivity index (χ0n) is 14.0. The number of pyridine rings is 1. The van der Waals surface area contributed by atoms with Crippen LogP contribution in [0.25, 0.3) is 0 Å². The number of hydrogen-bond acceptors (Lipinski definition) is 4. The van der Waals surface area contributed by atoms with Crippen molar-refractivity contribution in [1.29, 1.82) is 0 Å². The van der Waals surface area contributed by atoms with Crippen LogP contribution in [-0.4, -0.2) is 30.4 Å². The number of aryl methyl sites for hydroxylation is 1. The van der Waals surface area contributed by atoms with Crippen molar-refractivity contribution in [2.24, 2.45) is 0 Å². The Morgan fingerprint density at radius 2 is 2.00 bits per heavy atom. The van der Waals surface area contributed by atoms with Gasteiger partial charge in [0.2, 0.25) is 0 Å². The molecular weight excluding hydrogens is 315 g/mol. The van der Waals surface area contributed by atoms with Gasteiger partial charge in [-0.25, -0.2) is 9.18 Å². The van der Waals surface area contributed by atoms with Crippen LogP contribution in [0.5, 0.6) is 11.5 Å². The molecule has 0 atom stereocenters. The molecule has 0 saturated carbocycles. The van der Waals surface area contributed by atoms with Crippen LogP contribution >= 0.6 is 0 Å². The molecule has 0 aliphatic rings. The molecule has 0 fully saturated rings. The number of anilines is 1. The van der Waals surface area contributed by atoms with Crippen LogP contribution in [0.1, 0.15) is 16.8 Å². The fraction of sp³-hybridized carbons (Fsp3) is 0.294. The molecule has 2 rings (SSSR count). The Bertz CT molecular complexity index is 764. The van der Waals surface area contributed by atoms with Crippen molar-refractivity contribution in [2.45, 2.75) is 20.4 Å². The van der Waals surface area contributed by atoms with Gasteiger partial charge < -0.3 is 14.6 Å². The van der Waals surface area contributed by atoms with E-state index >= 15 is 0 Å². The molecule has 0 unspecified atom stereocenters. The van der Waals surface area contributed by atoms with Crippen molar-refractivity contribution in [3.8, 4) is 11.5 Å². The highest BCUT2D eigenvalue weighted by atomic mass is 19.1. The van der Waals surface area contributed by atoms with Crippen LogP contribution in [0.3, 0.4) is 0 Å². The van der Waals surface area contributed by atoms with Crippen molar-refractivity contribution in [3.63, 3.8) is 0 Å². The van der Waals surface area contributed by atoms with E-state index in [2.05, 4.69) is 4.98 Å². The van der Waals surface area contributed by atoms with Gasteiger partial charge in [-0.1, -0.05) is 0 Å². The second-order valence-electron chi connectivity index (χ2n) is 5.23. The van der Waals surface area contributed by atoms with Gasteiger partial charge in [-0.05, 0) is 26.0 Å². The number of hydrogen-bond donors (Lipinski definition) is 1. The number of carboxylic acid groups (broad SMARTS) is 1. The fourth-order valence-electron chi connectivity index (χ4n) is 2.47. The Labute approximate surface area is 139 Å². The number of carbonyl (C=O) groups is 1. The number of rotatable bonds is 5. The topological polar surface area (TPSA) is 71.9 Å². The highest BCUT2D eigenvalue weighted by Crippen LogP contribution is 2.28. The molecule has 0 bridgehead atoms. The molecule has 24 heavy (non-hydrogen) atoms. The van der Waals surface area contributed by atoms with E-state index in [-0.39, 0.29) is 12.2 Å². The Morgan fingerprint density at radius 1 is 1.29 bits per heavy atom. The molecule has 1 aromatic heterocycles. The molecular formula is C17H19FN2O4. The summed E-state index contributed by atoms with van der Waals surface area (Å²) in [5, 5.41) is 9.48. The number of methoxy groups -OCH3 is 2. The molecule has 0 aliphatic heterocycles. The summed E-state index contributed by atoms with van der Waals surface area (Å²) in [5.41, 5.74) is 1.99. The number of benzene rings is 1. The van der Waals surface area contributed by atoms with Gasteiger partial charge in [0, 0.05) is 23.4 Å². The predicted molar refractivity (Wildman–Crippen MR) is 87.4 cm³/mol. The molecule has 0 radical (unpaired) electrons. The fourth-order valence-corrected chi connectivity index (χ4v) is 2.47. The van der Waals surface area contributed by atoms with Gasteiger partial charge in [-0.15, -0.1) is 0 Å². The maximum atomic E-state index is 14.2. The zero-order chi connectivity index (χ0) is 17.9. The summed E-state index contributed by atoms with van der Waals surface area (Å²) in [4.78, 5) is 16.8. The molecule has 0 aliphatic carbocycles. The van der Waals surface area contributed by atoms with E-state index in [4.69, 9.17) is 9.47 Å². The van der Waals surface area contributed by atoms with Gasteiger partial charge in [-0.3, -0.25) is 9.88 Å². The number of amides is 1. The highest BCUT2D eigenvalue weighted by Gasteiger charge is 2.22. The molecule has 7 heteroatoms. The first-order valence-corrected chi connectivity index (χ1v) is 7.22. The number of nitrogens with zero attached hydrogens (tertiary/aromatic N) is 2. The van der Waals surface area contributed by atoms with Crippen LogP contribution in [0.2, 0.25) is 0 Å². The Balaban J connectivity index is 2.42. The summed E-state index contributed by atoms with van der Waals surface area (Å²) < 4.78 is 24.5. The normalized spacial score (nSPS) is 10.4. The summed E-state index contributed by atoms with van der Waals surface area (Å²) in [7, 11) is 2.95. The van der Waals surface area contributed by atoms with E-state index in [1.165, 1.54) is 26.4 Å². The summed E-state index contributed by atoms with van der Waals surface area (Å²) in [6.07, 6.45) is 0.325. The lowest BCUT2D eigenvalue weighted by atomic mass is 10.1. The molecule has 1 amide bonds. The lowest BCUT2D eigenvalue weighted by Gasteiger charge is -2.21. The highest BCUT2D eigenvalue weighted by molar-refractivity contribution is 5.86. The van der Waals surface area contributed by atoms with E-state index in [1.807, 2.05) is 6.92 Å². The van der Waals surface area contributed by atoms with Crippen LogP contribution in [0, 0.1) is 19.7 Å². The quantitative estimate of drug-likeness (QED) is 0.905. The Morgan fingerprint density at radius 3 is 2.54 bits per heavy atom. The third-order valence-electron chi connectivity index (χ3n) is 3.73. The first-order valence-electron chi connectivity index (χ1n) is 7.22. The van der Waals surface area contributed by atoms with Crippen molar-refractivity contribution in [1.82, 2.24) is 4.98 Å². The van der Waals surface area contributed by atoms with Gasteiger partial charge in [-0.2, -0.15) is 0 Å². The first-order chi connectivity index (χ1) is 11.4. The second kappa shape index (κ2) is 7.16. The minimum atomic E-state index is -1.28. The largest absolute Gasteiger partial charge is 0.497 e. The van der Waals surface area contributed by atoms with Gasteiger partial charge in [0.1, 0.15) is 11.5 Å². The third kappa shape index (κ3) is 3.40. The van der Waals surface area contributed by atoms with Crippen molar-refractivity contribution >= 4 is 11.8 Å². The van der Waals surface area contributed by atoms with Crippen molar-refractivity contribution in [3.05, 3.63) is 47.0 Å². The van der Waals surface area contributed by atoms with Gasteiger partial charge in [0.15, 0.2) is 5.82 Å². The Kier molecular flexibility index (Phi) is 5.23. The van der Waals surface area contributed by atoms with Gasteiger partial charge in [0.05, 0.1) is 32.1 Å². The minimum absolute atomic E-state index is 0.0657. The molecule has 6 nitrogen and oxygen atoms in total. The Hall–Kier alpha value is -2.83. The van der Waals surface area contributed by atoms with E-state index < -0.39 is 11.9 Å². The lowest BCUT2D eigenvalue weighted by Crippen LogP contribution is -2.30. The average Bonchev–Trinajstić information content (AvgIpc) is 2.55. The maximum Gasteiger partial charge on any atom is 0.412 e. The zero-order valence-corrected chi connectivity index (χ0v) is 14.0. The van der Waals surface area contributed by atoms with E-state index in [0.717, 1.165) is 22.1 Å². The standard InChI is InChI=1S/C17H19FN2O4/c1-10-8-19-14(11(2)16(10)24-4)9-20(17(21)22)15-6-5-12(23-3)7-13(15)18/h5-8H,9H2,1-4H3,(H,21,22). The van der Waals surface area contributed by atoms with E-state index in [0.29, 0.717) is 17.2 Å². The summed E-state index contributed by atoms with van der Waals surface area (Å²) in [5.74, 6) is 0.266. The van der Waals surface area contributed by atoms with Crippen LogP contribution in [0.4, 0.5) is 14.9 Å². The summed E-state index contributed by atoms with van der Waals surface area (Å²) in [6.45, 7) is 3.54. The predicted octanol–water partition coefficient (Wildman–Crippen LogP) is 3.54. The molecule has 2 aromatic rings. The second-order valence-corrected chi connectivity index (χ2v) is 5.23. The van der Waals surface area contributed by atoms with E-state index in [9.17, 15) is 14.3 Å². The van der Waals surface area contributed by atoms with E-state index in [1.54, 1.807) is 13.1 Å². The monoisotopic (exact) mass is 334 g/mol. The first kappa shape index (κ1) is 17.5. The molecule has 1 heterocycles. The van der Waals surface area contributed by atoms with Crippen molar-refractivity contribution < 1.29 is 23.8 Å². The maximum absolute atomic E-state index is 14.2. The SMILES string of the molecule is COc1ccc(N(Cc2ncc(C)c(OC)c2C)C(=O)O)c(F)c1. The molecule has 0 saturated heterocycles. The average molecular weight is 334 g/mol. The minimum Gasteiger partial charge on any atom is -0.497 e. The third-order valence-corrected chi connectivity index (χ3v) is 3.73. The smallest absolute Gasteiger partial charge is 0.412 e. The van der Waals surface area contributed by atoms with Crippen LogP contribution in [0.15, 0.2) is 24.4 Å². The van der Waals surface area contributed by atoms with Crippen molar-refractivity contribution in [2.75, 3.05) is 19.1 Å². The summed E-state index contributed by atoms with van der Waals surface area (Å²) >= 11 is 0. The molecule has 1 N–H and O–H groups in total. The number of ether oxygens (including phenoxy) is 2. The summed E-state index contributed by atoms with van der Waals surface area (Å²) in [6, 6.07) is 4.01. The van der Waals surface area contributed by atoms with Crippen LogP contribution < -0.4 is 14.4 Å². The van der Waals surface area contributed by atoms with Crippen LogP contribution in [-0.2, 0) is 6.54 Å². The number of halogens is 1.